The van der Waals surface area contributed by atoms with Crippen molar-refractivity contribution in [1.82, 2.24) is 0 Å². The molecule has 0 heterocycles. The molecule has 17 heavy (non-hydrogen) atoms. The number of methoxy groups -OCH3 is 1. The van der Waals surface area contributed by atoms with Gasteiger partial charge >= 0.3 is 0 Å². The zero-order valence-electron chi connectivity index (χ0n) is 9.66. The van der Waals surface area contributed by atoms with Crippen LogP contribution in [-0.2, 0) is 4.74 Å². The number of rotatable bonds is 3. The van der Waals surface area contributed by atoms with E-state index in [1.807, 2.05) is 0 Å². The van der Waals surface area contributed by atoms with Gasteiger partial charge in [-0.05, 0) is 30.0 Å². The monoisotopic (exact) mass is 236 g/mol. The van der Waals surface area contributed by atoms with Crippen molar-refractivity contribution in [2.45, 2.75) is 6.92 Å². The summed E-state index contributed by atoms with van der Waals surface area (Å²) in [6, 6.07) is 6.17. The van der Waals surface area contributed by atoms with E-state index in [0.717, 1.165) is 5.39 Å². The van der Waals surface area contributed by atoms with Crippen LogP contribution in [0.3, 0.4) is 0 Å². The molecule has 3 nitrogen and oxygen atoms in total. The molecule has 0 unspecified atom stereocenters. The fraction of sp³-hybridized carbons (Fsp3) is 0.231. The Kier molecular flexibility index (Phi) is 3.15. The molecule has 0 amide bonds. The second-order valence-electron chi connectivity index (χ2n) is 3.76. The Bertz CT molecular complexity index is 552. The summed E-state index contributed by atoms with van der Waals surface area (Å²) >= 11 is 0. The van der Waals surface area contributed by atoms with Gasteiger partial charge in [-0.15, -0.1) is 0 Å². The fourth-order valence-corrected chi connectivity index (χ4v) is 1.78. The Morgan fingerprint density at radius 2 is 2.06 bits per heavy atom. The average molecular weight is 236 g/mol. The van der Waals surface area contributed by atoms with E-state index in [1.165, 1.54) is 19.2 Å². The van der Waals surface area contributed by atoms with Gasteiger partial charge in [-0.25, -0.2) is 4.39 Å². The van der Waals surface area contributed by atoms with Crippen molar-refractivity contribution < 1.29 is 19.0 Å². The number of ether oxygens (including phenoxy) is 2. The van der Waals surface area contributed by atoms with Crippen molar-refractivity contribution >= 4 is 10.8 Å². The molecule has 0 aliphatic rings. The highest BCUT2D eigenvalue weighted by atomic mass is 19.1. The Labute approximate surface area is 98.4 Å². The third-order valence-electron chi connectivity index (χ3n) is 2.61. The molecular weight excluding hydrogens is 223 g/mol. The Morgan fingerprint density at radius 3 is 2.76 bits per heavy atom. The van der Waals surface area contributed by atoms with Crippen LogP contribution in [-0.4, -0.2) is 19.0 Å². The Balaban J connectivity index is 2.56. The first kappa shape index (κ1) is 11.7. The first-order chi connectivity index (χ1) is 8.13. The molecule has 4 heteroatoms. The smallest absolute Gasteiger partial charge is 0.188 e. The van der Waals surface area contributed by atoms with Gasteiger partial charge in [-0.2, -0.15) is 0 Å². The summed E-state index contributed by atoms with van der Waals surface area (Å²) in [6.07, 6.45) is 0. The van der Waals surface area contributed by atoms with Gasteiger partial charge in [0.05, 0.1) is 0 Å². The SMILES string of the molecule is COCOc1cc(O)c2c(C)c(F)ccc2c1. The molecule has 2 aromatic carbocycles. The quantitative estimate of drug-likeness (QED) is 0.832. The zero-order chi connectivity index (χ0) is 12.4. The van der Waals surface area contributed by atoms with Crippen LogP contribution in [0.1, 0.15) is 5.56 Å². The summed E-state index contributed by atoms with van der Waals surface area (Å²) in [5, 5.41) is 11.1. The molecule has 0 aliphatic heterocycles. The standard InChI is InChI=1S/C13H13FO3/c1-8-11(14)4-3-9-5-10(17-7-16-2)6-12(15)13(8)9/h3-6,15H,7H2,1-2H3. The fourth-order valence-electron chi connectivity index (χ4n) is 1.78. The Morgan fingerprint density at radius 1 is 1.29 bits per heavy atom. The minimum atomic E-state index is -0.335. The molecule has 0 atom stereocenters. The van der Waals surface area contributed by atoms with Crippen LogP contribution in [0.2, 0.25) is 0 Å². The number of aromatic hydroxyl groups is 1. The summed E-state index contributed by atoms with van der Waals surface area (Å²) in [5.41, 5.74) is 0.429. The zero-order valence-corrected chi connectivity index (χ0v) is 9.66. The van der Waals surface area contributed by atoms with E-state index in [1.54, 1.807) is 19.1 Å². The van der Waals surface area contributed by atoms with E-state index >= 15 is 0 Å². The van der Waals surface area contributed by atoms with Gasteiger partial charge in [-0.1, -0.05) is 6.07 Å². The number of hydrogen-bond acceptors (Lipinski definition) is 3. The summed E-state index contributed by atoms with van der Waals surface area (Å²) < 4.78 is 23.4. The number of phenols is 1. The lowest BCUT2D eigenvalue weighted by molar-refractivity contribution is 0.0511. The Hall–Kier alpha value is -1.81. The van der Waals surface area contributed by atoms with E-state index in [0.29, 0.717) is 16.7 Å². The van der Waals surface area contributed by atoms with Gasteiger partial charge in [0, 0.05) is 18.6 Å². The largest absolute Gasteiger partial charge is 0.507 e. The van der Waals surface area contributed by atoms with Crippen LogP contribution in [0.25, 0.3) is 10.8 Å². The molecule has 2 aromatic rings. The van der Waals surface area contributed by atoms with Crippen molar-refractivity contribution in [2.24, 2.45) is 0 Å². The minimum absolute atomic E-state index is 0.00519. The molecule has 0 saturated carbocycles. The van der Waals surface area contributed by atoms with E-state index in [-0.39, 0.29) is 18.4 Å². The number of halogens is 1. The second-order valence-corrected chi connectivity index (χ2v) is 3.76. The van der Waals surface area contributed by atoms with Gasteiger partial charge in [-0.3, -0.25) is 0 Å². The highest BCUT2D eigenvalue weighted by Gasteiger charge is 2.09. The predicted octanol–water partition coefficient (Wildman–Crippen LogP) is 2.98. The van der Waals surface area contributed by atoms with Crippen LogP contribution >= 0.6 is 0 Å². The second kappa shape index (κ2) is 4.59. The van der Waals surface area contributed by atoms with E-state index in [4.69, 9.17) is 9.47 Å². The van der Waals surface area contributed by atoms with Crippen LogP contribution < -0.4 is 4.74 Å². The van der Waals surface area contributed by atoms with Crippen molar-refractivity contribution in [2.75, 3.05) is 13.9 Å². The molecule has 0 spiro atoms. The number of phenolic OH excluding ortho intramolecular Hbond substituents is 1. The van der Waals surface area contributed by atoms with Crippen molar-refractivity contribution in [3.05, 3.63) is 35.6 Å². The molecule has 0 aliphatic carbocycles. The number of fused-ring (bicyclic) bond motifs is 1. The first-order valence-corrected chi connectivity index (χ1v) is 5.17. The van der Waals surface area contributed by atoms with Gasteiger partial charge in [0.15, 0.2) is 6.79 Å². The molecule has 1 N–H and O–H groups in total. The van der Waals surface area contributed by atoms with Gasteiger partial charge in [0.2, 0.25) is 0 Å². The topological polar surface area (TPSA) is 38.7 Å². The maximum absolute atomic E-state index is 13.4. The molecule has 0 bridgehead atoms. The average Bonchev–Trinajstić information content (AvgIpc) is 2.31. The third-order valence-corrected chi connectivity index (χ3v) is 2.61. The van der Waals surface area contributed by atoms with Crippen molar-refractivity contribution in [3.8, 4) is 11.5 Å². The molecular formula is C13H13FO3. The summed E-state index contributed by atoms with van der Waals surface area (Å²) in [5.74, 6) is 0.159. The van der Waals surface area contributed by atoms with E-state index in [9.17, 15) is 9.50 Å². The molecule has 0 aromatic heterocycles. The normalized spacial score (nSPS) is 10.8. The first-order valence-electron chi connectivity index (χ1n) is 5.17. The van der Waals surface area contributed by atoms with Crippen LogP contribution in [0.4, 0.5) is 4.39 Å². The lowest BCUT2D eigenvalue weighted by Gasteiger charge is -2.10. The maximum atomic E-state index is 13.4. The highest BCUT2D eigenvalue weighted by Crippen LogP contribution is 2.33. The van der Waals surface area contributed by atoms with Gasteiger partial charge in [0.1, 0.15) is 17.3 Å². The molecule has 0 fully saturated rings. The van der Waals surface area contributed by atoms with Crippen molar-refractivity contribution in [1.29, 1.82) is 0 Å². The predicted molar refractivity (Wildman–Crippen MR) is 62.8 cm³/mol. The van der Waals surface area contributed by atoms with E-state index in [2.05, 4.69) is 0 Å². The lowest BCUT2D eigenvalue weighted by Crippen LogP contribution is -1.98. The van der Waals surface area contributed by atoms with E-state index < -0.39 is 0 Å². The highest BCUT2D eigenvalue weighted by molar-refractivity contribution is 5.92. The minimum Gasteiger partial charge on any atom is -0.507 e. The number of aryl methyl sites for hydroxylation is 1. The van der Waals surface area contributed by atoms with Gasteiger partial charge in [0.25, 0.3) is 0 Å². The number of benzene rings is 2. The van der Waals surface area contributed by atoms with Crippen LogP contribution in [0, 0.1) is 12.7 Å². The lowest BCUT2D eigenvalue weighted by atomic mass is 10.0. The molecule has 2 rings (SSSR count). The molecule has 90 valence electrons. The van der Waals surface area contributed by atoms with Gasteiger partial charge < -0.3 is 14.6 Å². The number of hydrogen-bond donors (Lipinski definition) is 1. The van der Waals surface area contributed by atoms with Crippen molar-refractivity contribution in [3.63, 3.8) is 0 Å². The van der Waals surface area contributed by atoms with Crippen LogP contribution in [0.5, 0.6) is 11.5 Å². The maximum Gasteiger partial charge on any atom is 0.188 e. The molecule has 0 saturated heterocycles. The van der Waals surface area contributed by atoms with Crippen LogP contribution in [0.15, 0.2) is 24.3 Å². The summed E-state index contributed by atoms with van der Waals surface area (Å²) in [4.78, 5) is 0. The summed E-state index contributed by atoms with van der Waals surface area (Å²) in [6.45, 7) is 1.73. The molecule has 0 radical (unpaired) electrons. The third kappa shape index (κ3) is 2.17. The summed E-state index contributed by atoms with van der Waals surface area (Å²) in [7, 11) is 1.51.